The van der Waals surface area contributed by atoms with Crippen molar-refractivity contribution < 1.29 is 85.1 Å². The Bertz CT molecular complexity index is 1700. The molecule has 0 amide bonds. The van der Waals surface area contributed by atoms with E-state index in [4.69, 9.17) is 22.9 Å². The largest absolute Gasteiger partial charge is 1.00 e. The predicted molar refractivity (Wildman–Crippen MR) is 142 cm³/mol. The normalized spacial score (nSPS) is 11.4. The zero-order valence-electron chi connectivity index (χ0n) is 21.9. The summed E-state index contributed by atoms with van der Waals surface area (Å²) in [6.45, 7) is 0. The fraction of sp³-hybridized carbons (Fsp3) is 0. The summed E-state index contributed by atoms with van der Waals surface area (Å²) in [4.78, 5) is 21.1. The van der Waals surface area contributed by atoms with Gasteiger partial charge in [0.1, 0.15) is 20.2 Å². The molecule has 2 heterocycles. The van der Waals surface area contributed by atoms with Gasteiger partial charge in [-0.2, -0.15) is 29.9 Å². The van der Waals surface area contributed by atoms with E-state index >= 15 is 0 Å². The summed E-state index contributed by atoms with van der Waals surface area (Å²) in [6, 6.07) is 7.29. The molecular weight excluding hydrogens is 614 g/mol. The Kier molecular flexibility index (Phi) is 11.6. The summed E-state index contributed by atoms with van der Waals surface area (Å²) in [5, 5.41) is 5.31. The van der Waals surface area contributed by atoms with Gasteiger partial charge in [0.25, 0.3) is 0 Å². The van der Waals surface area contributed by atoms with E-state index in [0.717, 1.165) is 24.3 Å². The smallest absolute Gasteiger partial charge is 0.744 e. The van der Waals surface area contributed by atoms with Crippen LogP contribution in [-0.4, -0.2) is 55.8 Å². The number of nitrogens with two attached hydrogens (primary N) is 4. The summed E-state index contributed by atoms with van der Waals surface area (Å²) in [5.74, 6) is -0.999. The van der Waals surface area contributed by atoms with Crippen molar-refractivity contribution in [3.05, 3.63) is 47.5 Å². The number of hydrogen-bond acceptors (Lipinski definition) is 18. The molecule has 10 N–H and O–H groups in total. The van der Waals surface area contributed by atoms with Gasteiger partial charge in [0.05, 0.1) is 9.79 Å². The van der Waals surface area contributed by atoms with Crippen molar-refractivity contribution in [1.29, 1.82) is 0 Å². The minimum absolute atomic E-state index is 0. The Hall–Kier alpha value is -3.18. The van der Waals surface area contributed by atoms with E-state index in [2.05, 4.69) is 40.5 Å². The molecule has 0 aliphatic carbocycles. The molecule has 0 atom stereocenters. The first-order valence-electron chi connectivity index (χ1n) is 10.6. The first kappa shape index (κ1) is 35.0. The van der Waals surface area contributed by atoms with Crippen LogP contribution in [0.1, 0.15) is 11.1 Å². The fourth-order valence-electron chi connectivity index (χ4n) is 3.30. The Morgan fingerprint density at radius 3 is 1.17 bits per heavy atom. The summed E-state index contributed by atoms with van der Waals surface area (Å²) in [6.07, 6.45) is 2.30. The van der Waals surface area contributed by atoms with Crippen LogP contribution in [-0.2, 0) is 20.2 Å². The topological polar surface area (TPSA) is 320 Å². The van der Waals surface area contributed by atoms with Crippen LogP contribution >= 0.6 is 0 Å². The second-order valence-corrected chi connectivity index (χ2v) is 10.4. The van der Waals surface area contributed by atoms with E-state index in [1.165, 1.54) is 24.3 Å². The number of hydrogen-bond donors (Lipinski definition) is 6. The van der Waals surface area contributed by atoms with Gasteiger partial charge in [-0.1, -0.05) is 24.3 Å². The van der Waals surface area contributed by atoms with Gasteiger partial charge >= 0.3 is 59.1 Å². The zero-order valence-corrected chi connectivity index (χ0v) is 27.5. The van der Waals surface area contributed by atoms with Crippen molar-refractivity contribution in [2.24, 2.45) is 0 Å². The van der Waals surface area contributed by atoms with E-state index in [0.29, 0.717) is 0 Å². The van der Waals surface area contributed by atoms with E-state index in [9.17, 15) is 25.9 Å². The van der Waals surface area contributed by atoms with Crippen LogP contribution in [0, 0.1) is 0 Å². The molecule has 0 saturated carbocycles. The molecule has 0 bridgehead atoms. The third-order valence-electron chi connectivity index (χ3n) is 4.86. The maximum absolute atomic E-state index is 12.0. The molecule has 22 heteroatoms. The van der Waals surface area contributed by atoms with Gasteiger partial charge < -0.3 is 42.7 Å². The van der Waals surface area contributed by atoms with Crippen LogP contribution in [0.2, 0.25) is 0 Å². The van der Waals surface area contributed by atoms with Crippen LogP contribution in [0.4, 0.5) is 47.1 Å². The molecule has 2 aromatic heterocycles. The monoisotopic (exact) mass is 632 g/mol. The SMILES string of the molecule is Nc1nc(N)nc(Nc2ccc(/C=C/c3ccc(Nc4nc(N)nc(N)n4)cc3S(=O)(=O)[O-])c(S(=O)(=O)[O-])c2)n1.[Na+].[Na+]. The minimum atomic E-state index is -5.03. The molecule has 0 unspecified atom stereocenters. The second-order valence-electron chi connectivity index (χ2n) is 7.75. The summed E-state index contributed by atoms with van der Waals surface area (Å²) < 4.78 is 71.9. The summed E-state index contributed by atoms with van der Waals surface area (Å²) in [5.41, 5.74) is 22.0. The quantitative estimate of drug-likeness (QED) is 0.0597. The van der Waals surface area contributed by atoms with E-state index in [1.54, 1.807) is 0 Å². The minimum Gasteiger partial charge on any atom is -0.744 e. The van der Waals surface area contributed by atoms with Crippen LogP contribution in [0.5, 0.6) is 0 Å². The van der Waals surface area contributed by atoms with Crippen molar-refractivity contribution in [2.75, 3.05) is 33.6 Å². The third kappa shape index (κ3) is 9.16. The number of benzene rings is 2. The Labute approximate surface area is 283 Å². The number of rotatable bonds is 8. The Balaban J connectivity index is 0.00000308. The van der Waals surface area contributed by atoms with Crippen LogP contribution in [0.25, 0.3) is 12.2 Å². The first-order chi connectivity index (χ1) is 18.7. The molecule has 2 aromatic carbocycles. The van der Waals surface area contributed by atoms with Gasteiger partial charge in [-0.25, -0.2) is 16.8 Å². The average Bonchev–Trinajstić information content (AvgIpc) is 2.81. The Morgan fingerprint density at radius 2 is 0.881 bits per heavy atom. The van der Waals surface area contributed by atoms with Crippen molar-refractivity contribution in [1.82, 2.24) is 29.9 Å². The zero-order chi connectivity index (χ0) is 29.2. The molecule has 0 fully saturated rings. The molecule has 18 nitrogen and oxygen atoms in total. The maximum Gasteiger partial charge on any atom is 1.00 e. The van der Waals surface area contributed by atoms with Crippen molar-refractivity contribution in [3.8, 4) is 0 Å². The van der Waals surface area contributed by atoms with Gasteiger partial charge in [-0.3, -0.25) is 0 Å². The molecule has 0 saturated heterocycles. The number of nitrogens with zero attached hydrogens (tertiary/aromatic N) is 6. The van der Waals surface area contributed by atoms with Crippen molar-refractivity contribution in [2.45, 2.75) is 9.79 Å². The molecule has 4 rings (SSSR count). The molecule has 0 spiro atoms. The van der Waals surface area contributed by atoms with Crippen molar-refractivity contribution >= 4 is 79.5 Å². The molecule has 4 aromatic rings. The van der Waals surface area contributed by atoms with Crippen LogP contribution in [0.3, 0.4) is 0 Å². The van der Waals surface area contributed by atoms with Crippen LogP contribution in [0.15, 0.2) is 46.2 Å². The first-order valence-corrected chi connectivity index (χ1v) is 13.4. The van der Waals surface area contributed by atoms with Gasteiger partial charge in [-0.15, -0.1) is 0 Å². The van der Waals surface area contributed by atoms with Gasteiger partial charge in [0.15, 0.2) is 0 Å². The summed E-state index contributed by atoms with van der Waals surface area (Å²) >= 11 is 0. The van der Waals surface area contributed by atoms with E-state index in [-0.39, 0.29) is 117 Å². The number of anilines is 8. The standard InChI is InChI=1S/C20H20N12O6S2.2Na/c21-15-27-16(22)30-19(29-15)25-11-5-3-9(13(7-11)39(33,34)35)1-2-10-4-6-12(8-14(10)40(36,37)38)26-20-31-17(23)28-18(24)32-20;;/h1-8H,(H,33,34,35)(H,36,37,38)(H5,21,22,25,27,29,30)(H5,23,24,26,28,31,32);;/q;2*+1/p-2/b2-1+;;. The van der Waals surface area contributed by atoms with Gasteiger partial charge in [-0.05, 0) is 35.4 Å². The maximum atomic E-state index is 12.0. The summed E-state index contributed by atoms with van der Waals surface area (Å²) in [7, 11) is -10.1. The number of aromatic nitrogens is 6. The van der Waals surface area contributed by atoms with E-state index in [1.807, 2.05) is 0 Å². The number of nitrogen functional groups attached to an aromatic ring is 4. The second kappa shape index (κ2) is 13.9. The fourth-order valence-corrected chi connectivity index (χ4v) is 4.69. The molecule has 0 aliphatic rings. The van der Waals surface area contributed by atoms with Gasteiger partial charge in [0.2, 0.25) is 35.7 Å². The Morgan fingerprint density at radius 1 is 0.571 bits per heavy atom. The predicted octanol–water partition coefficient (Wildman–Crippen LogP) is -6.14. The average molecular weight is 633 g/mol. The molecule has 208 valence electrons. The molecule has 0 radical (unpaired) electrons. The van der Waals surface area contributed by atoms with Crippen molar-refractivity contribution in [3.63, 3.8) is 0 Å². The molecular formula is C20H18N12Na2O6S2. The third-order valence-corrected chi connectivity index (χ3v) is 6.64. The number of nitrogens with one attached hydrogen (secondary N) is 2. The molecule has 0 aliphatic heterocycles. The van der Waals surface area contributed by atoms with Gasteiger partial charge in [0, 0.05) is 11.4 Å². The molecule has 42 heavy (non-hydrogen) atoms. The van der Waals surface area contributed by atoms with Crippen LogP contribution < -0.4 is 92.7 Å². The van der Waals surface area contributed by atoms with E-state index < -0.39 is 30.0 Å².